The average molecular weight is 192 g/mol. The molecule has 0 heterocycles. The molecule has 3 nitrogen and oxygen atoms in total. The van der Waals surface area contributed by atoms with Gasteiger partial charge in [0, 0.05) is 0 Å². The number of carbonyl (C=O) groups is 1. The van der Waals surface area contributed by atoms with Crippen LogP contribution < -0.4 is 4.74 Å². The summed E-state index contributed by atoms with van der Waals surface area (Å²) >= 11 is 0. The van der Waals surface area contributed by atoms with Gasteiger partial charge in [-0.2, -0.15) is 0 Å². The Kier molecular flexibility index (Phi) is 3.42. The molecule has 0 aliphatic carbocycles. The van der Waals surface area contributed by atoms with Gasteiger partial charge in [-0.1, -0.05) is 24.8 Å². The van der Waals surface area contributed by atoms with Crippen LogP contribution in [-0.2, 0) is 4.79 Å². The van der Waals surface area contributed by atoms with Crippen LogP contribution in [0.5, 0.6) is 5.75 Å². The number of aliphatic hydroxyl groups excluding tert-OH is 1. The van der Waals surface area contributed by atoms with Crippen molar-refractivity contribution in [3.63, 3.8) is 0 Å². The highest BCUT2D eigenvalue weighted by Gasteiger charge is 2.10. The Morgan fingerprint density at radius 2 is 2.07 bits per heavy atom. The van der Waals surface area contributed by atoms with Crippen LogP contribution >= 0.6 is 0 Å². The second-order valence-electron chi connectivity index (χ2n) is 2.87. The summed E-state index contributed by atoms with van der Waals surface area (Å²) in [5.41, 5.74) is 0.946. The van der Waals surface area contributed by atoms with E-state index in [-0.39, 0.29) is 0 Å². The largest absolute Gasteiger partial charge is 0.425 e. The SMILES string of the molecule is C=Cc1ccc(OC(=O)C(C)O)cc1. The number of ether oxygens (including phenoxy) is 1. The van der Waals surface area contributed by atoms with Gasteiger partial charge in [-0.05, 0) is 24.6 Å². The molecule has 0 spiro atoms. The number of hydrogen-bond donors (Lipinski definition) is 1. The molecule has 0 saturated carbocycles. The summed E-state index contributed by atoms with van der Waals surface area (Å²) < 4.78 is 4.85. The van der Waals surface area contributed by atoms with Crippen LogP contribution in [0.15, 0.2) is 30.8 Å². The zero-order valence-electron chi connectivity index (χ0n) is 7.93. The maximum Gasteiger partial charge on any atom is 0.340 e. The lowest BCUT2D eigenvalue weighted by Gasteiger charge is -2.05. The predicted octanol–water partition coefficient (Wildman–Crippen LogP) is 1.62. The van der Waals surface area contributed by atoms with Crippen LogP contribution in [0.4, 0.5) is 0 Å². The minimum Gasteiger partial charge on any atom is -0.425 e. The molecule has 0 aliphatic rings. The normalized spacial score (nSPS) is 11.9. The molecular formula is C11H12O3. The third-order valence-electron chi connectivity index (χ3n) is 1.68. The summed E-state index contributed by atoms with van der Waals surface area (Å²) in [6.45, 7) is 4.96. The van der Waals surface area contributed by atoms with E-state index in [2.05, 4.69) is 6.58 Å². The van der Waals surface area contributed by atoms with E-state index in [9.17, 15) is 4.79 Å². The molecule has 1 unspecified atom stereocenters. The fourth-order valence-corrected chi connectivity index (χ4v) is 0.873. The van der Waals surface area contributed by atoms with E-state index < -0.39 is 12.1 Å². The van der Waals surface area contributed by atoms with Gasteiger partial charge in [-0.3, -0.25) is 0 Å². The first kappa shape index (κ1) is 10.5. The van der Waals surface area contributed by atoms with Gasteiger partial charge in [-0.15, -0.1) is 0 Å². The Labute approximate surface area is 82.6 Å². The molecule has 0 bridgehead atoms. The molecule has 0 amide bonds. The highest BCUT2D eigenvalue weighted by atomic mass is 16.5. The third-order valence-corrected chi connectivity index (χ3v) is 1.68. The van der Waals surface area contributed by atoms with Gasteiger partial charge in [0.15, 0.2) is 0 Å². The van der Waals surface area contributed by atoms with E-state index in [0.717, 1.165) is 5.56 Å². The van der Waals surface area contributed by atoms with Crippen LogP contribution in [0.2, 0.25) is 0 Å². The highest BCUT2D eigenvalue weighted by molar-refractivity contribution is 5.76. The van der Waals surface area contributed by atoms with E-state index in [1.54, 1.807) is 30.3 Å². The second-order valence-corrected chi connectivity index (χ2v) is 2.87. The Bertz CT molecular complexity index is 325. The molecule has 14 heavy (non-hydrogen) atoms. The Morgan fingerprint density at radius 1 is 1.50 bits per heavy atom. The van der Waals surface area contributed by atoms with Gasteiger partial charge in [0.2, 0.25) is 0 Å². The molecule has 74 valence electrons. The maximum absolute atomic E-state index is 11.0. The average Bonchev–Trinajstić information content (AvgIpc) is 2.19. The number of hydrogen-bond acceptors (Lipinski definition) is 3. The second kappa shape index (κ2) is 4.58. The van der Waals surface area contributed by atoms with Gasteiger partial charge >= 0.3 is 5.97 Å². The molecule has 0 radical (unpaired) electrons. The lowest BCUT2D eigenvalue weighted by atomic mass is 10.2. The van der Waals surface area contributed by atoms with Crippen molar-refractivity contribution in [2.75, 3.05) is 0 Å². The van der Waals surface area contributed by atoms with E-state index in [4.69, 9.17) is 9.84 Å². The van der Waals surface area contributed by atoms with Gasteiger partial charge in [0.25, 0.3) is 0 Å². The van der Waals surface area contributed by atoms with Crippen molar-refractivity contribution in [1.82, 2.24) is 0 Å². The molecular weight excluding hydrogens is 180 g/mol. The molecule has 0 saturated heterocycles. The standard InChI is InChI=1S/C11H12O3/c1-3-9-4-6-10(7-5-9)14-11(13)8(2)12/h3-8,12H,1H2,2H3. The molecule has 1 atom stereocenters. The molecule has 1 rings (SSSR count). The first-order valence-corrected chi connectivity index (χ1v) is 4.25. The number of carbonyl (C=O) groups excluding carboxylic acids is 1. The predicted molar refractivity (Wildman–Crippen MR) is 53.8 cm³/mol. The summed E-state index contributed by atoms with van der Waals surface area (Å²) in [4.78, 5) is 11.0. The highest BCUT2D eigenvalue weighted by Crippen LogP contribution is 2.13. The van der Waals surface area contributed by atoms with Crippen LogP contribution in [0.3, 0.4) is 0 Å². The smallest absolute Gasteiger partial charge is 0.340 e. The van der Waals surface area contributed by atoms with Crippen molar-refractivity contribution in [2.45, 2.75) is 13.0 Å². The fourth-order valence-electron chi connectivity index (χ4n) is 0.873. The number of benzene rings is 1. The summed E-state index contributed by atoms with van der Waals surface area (Å²) in [6.07, 6.45) is 0.592. The maximum atomic E-state index is 11.0. The van der Waals surface area contributed by atoms with E-state index in [0.29, 0.717) is 5.75 Å². The van der Waals surface area contributed by atoms with Crippen LogP contribution in [0.1, 0.15) is 12.5 Å². The quantitative estimate of drug-likeness (QED) is 0.584. The summed E-state index contributed by atoms with van der Waals surface area (Å²) in [7, 11) is 0. The fraction of sp³-hybridized carbons (Fsp3) is 0.182. The molecule has 1 aromatic rings. The number of esters is 1. The van der Waals surface area contributed by atoms with E-state index in [1.807, 2.05) is 0 Å². The monoisotopic (exact) mass is 192 g/mol. The van der Waals surface area contributed by atoms with E-state index in [1.165, 1.54) is 6.92 Å². The Balaban J connectivity index is 2.69. The molecule has 1 N–H and O–H groups in total. The summed E-state index contributed by atoms with van der Waals surface area (Å²) in [5.74, 6) is -0.238. The van der Waals surface area contributed by atoms with Crippen LogP contribution in [0, 0.1) is 0 Å². The van der Waals surface area contributed by atoms with Crippen molar-refractivity contribution in [3.05, 3.63) is 36.4 Å². The zero-order valence-corrected chi connectivity index (χ0v) is 7.93. The lowest BCUT2D eigenvalue weighted by molar-refractivity contribution is -0.142. The molecule has 0 aromatic heterocycles. The number of rotatable bonds is 3. The van der Waals surface area contributed by atoms with Gasteiger partial charge in [0.1, 0.15) is 11.9 Å². The molecule has 1 aromatic carbocycles. The van der Waals surface area contributed by atoms with Crippen molar-refractivity contribution < 1.29 is 14.6 Å². The van der Waals surface area contributed by atoms with Crippen LogP contribution in [0.25, 0.3) is 6.08 Å². The third kappa shape index (κ3) is 2.71. The van der Waals surface area contributed by atoms with Crippen molar-refractivity contribution in [2.24, 2.45) is 0 Å². The topological polar surface area (TPSA) is 46.5 Å². The first-order chi connectivity index (χ1) is 6.63. The first-order valence-electron chi connectivity index (χ1n) is 4.25. The minimum atomic E-state index is -1.10. The van der Waals surface area contributed by atoms with Crippen LogP contribution in [-0.4, -0.2) is 17.2 Å². The summed E-state index contributed by atoms with van der Waals surface area (Å²) in [5, 5.41) is 8.89. The zero-order chi connectivity index (χ0) is 10.6. The van der Waals surface area contributed by atoms with Crippen molar-refractivity contribution >= 4 is 12.0 Å². The number of aliphatic hydroxyl groups is 1. The molecule has 0 fully saturated rings. The van der Waals surface area contributed by atoms with Crippen molar-refractivity contribution in [1.29, 1.82) is 0 Å². The summed E-state index contributed by atoms with van der Waals surface area (Å²) in [6, 6.07) is 6.85. The molecule has 3 heteroatoms. The Morgan fingerprint density at radius 3 is 2.50 bits per heavy atom. The van der Waals surface area contributed by atoms with E-state index >= 15 is 0 Å². The van der Waals surface area contributed by atoms with Gasteiger partial charge in [-0.25, -0.2) is 4.79 Å². The molecule has 0 aliphatic heterocycles. The minimum absolute atomic E-state index is 0.418. The Hall–Kier alpha value is -1.61. The van der Waals surface area contributed by atoms with Gasteiger partial charge < -0.3 is 9.84 Å². The van der Waals surface area contributed by atoms with Gasteiger partial charge in [0.05, 0.1) is 0 Å². The van der Waals surface area contributed by atoms with Crippen molar-refractivity contribution in [3.8, 4) is 5.75 Å². The lowest BCUT2D eigenvalue weighted by Crippen LogP contribution is -2.21.